The first kappa shape index (κ1) is 15.6. The molecule has 0 bridgehead atoms. The molecule has 0 amide bonds. The number of hydrogen-bond donors (Lipinski definition) is 3. The molecule has 0 atom stereocenters. The first-order valence-electron chi connectivity index (χ1n) is 8.49. The van der Waals surface area contributed by atoms with E-state index >= 15 is 0 Å². The van der Waals surface area contributed by atoms with Crippen LogP contribution in [0.5, 0.6) is 0 Å². The summed E-state index contributed by atoms with van der Waals surface area (Å²) in [4.78, 5) is 8.60. The Morgan fingerprint density at radius 2 is 1.74 bits per heavy atom. The molecule has 2 aromatic rings. The molecule has 0 spiro atoms. The molecule has 23 heavy (non-hydrogen) atoms. The van der Waals surface area contributed by atoms with Crippen molar-refractivity contribution >= 4 is 23.0 Å². The summed E-state index contributed by atoms with van der Waals surface area (Å²) in [5, 5.41) is 6.76. The van der Waals surface area contributed by atoms with Crippen LogP contribution < -0.4 is 16.4 Å². The second-order valence-electron chi connectivity index (χ2n) is 6.14. The van der Waals surface area contributed by atoms with Gasteiger partial charge in [-0.1, -0.05) is 38.3 Å². The van der Waals surface area contributed by atoms with Crippen LogP contribution in [0.4, 0.5) is 23.0 Å². The standard InChI is InChI=1S/C18H25N5/c1-2-13-8-10-15(11-9-13)23-18-16(19)17(20-12-21-18)22-14-6-4-3-5-7-14/h8-12,14H,2-7,19H2,1H3,(H2,20,21,22,23). The van der Waals surface area contributed by atoms with Gasteiger partial charge in [-0.05, 0) is 37.0 Å². The number of aryl methyl sites for hydroxylation is 1. The van der Waals surface area contributed by atoms with Crippen LogP contribution in [0.15, 0.2) is 30.6 Å². The lowest BCUT2D eigenvalue weighted by molar-refractivity contribution is 0.462. The van der Waals surface area contributed by atoms with Gasteiger partial charge in [0, 0.05) is 11.7 Å². The van der Waals surface area contributed by atoms with Gasteiger partial charge in [-0.15, -0.1) is 0 Å². The molecule has 0 saturated heterocycles. The van der Waals surface area contributed by atoms with E-state index in [1.165, 1.54) is 37.7 Å². The molecule has 122 valence electrons. The van der Waals surface area contributed by atoms with Crippen molar-refractivity contribution in [2.45, 2.75) is 51.5 Å². The lowest BCUT2D eigenvalue weighted by Crippen LogP contribution is -2.23. The number of nitrogens with two attached hydrogens (primary N) is 1. The molecule has 0 unspecified atom stereocenters. The van der Waals surface area contributed by atoms with Crippen LogP contribution in [0.25, 0.3) is 0 Å². The van der Waals surface area contributed by atoms with E-state index in [1.54, 1.807) is 6.33 Å². The van der Waals surface area contributed by atoms with Crippen molar-refractivity contribution in [3.63, 3.8) is 0 Å². The number of nitrogens with zero attached hydrogens (tertiary/aromatic N) is 2. The largest absolute Gasteiger partial charge is 0.393 e. The predicted octanol–water partition coefficient (Wildman–Crippen LogP) is 4.11. The van der Waals surface area contributed by atoms with Gasteiger partial charge in [0.05, 0.1) is 0 Å². The van der Waals surface area contributed by atoms with Crippen molar-refractivity contribution in [2.75, 3.05) is 16.4 Å². The predicted molar refractivity (Wildman–Crippen MR) is 96.0 cm³/mol. The molecule has 1 aliphatic carbocycles. The van der Waals surface area contributed by atoms with Gasteiger partial charge in [0.25, 0.3) is 0 Å². The van der Waals surface area contributed by atoms with Crippen molar-refractivity contribution < 1.29 is 0 Å². The molecule has 5 heteroatoms. The summed E-state index contributed by atoms with van der Waals surface area (Å²) in [6, 6.07) is 8.79. The molecule has 1 saturated carbocycles. The minimum absolute atomic E-state index is 0.470. The van der Waals surface area contributed by atoms with Crippen LogP contribution in [0.3, 0.4) is 0 Å². The van der Waals surface area contributed by atoms with E-state index in [0.29, 0.717) is 17.5 Å². The summed E-state index contributed by atoms with van der Waals surface area (Å²) in [7, 11) is 0. The van der Waals surface area contributed by atoms with E-state index in [-0.39, 0.29) is 0 Å². The van der Waals surface area contributed by atoms with Crippen molar-refractivity contribution in [2.24, 2.45) is 0 Å². The van der Waals surface area contributed by atoms with Crippen LogP contribution in [-0.4, -0.2) is 16.0 Å². The maximum absolute atomic E-state index is 6.25. The molecular formula is C18H25N5. The van der Waals surface area contributed by atoms with Gasteiger partial charge in [0.15, 0.2) is 11.6 Å². The molecule has 1 aliphatic rings. The molecule has 5 nitrogen and oxygen atoms in total. The second-order valence-corrected chi connectivity index (χ2v) is 6.14. The number of nitrogen functional groups attached to an aromatic ring is 1. The SMILES string of the molecule is CCc1ccc(Nc2ncnc(NC3CCCCC3)c2N)cc1. The molecule has 1 heterocycles. The number of aromatic nitrogens is 2. The minimum Gasteiger partial charge on any atom is -0.393 e. The highest BCUT2D eigenvalue weighted by atomic mass is 15.1. The molecule has 0 aliphatic heterocycles. The number of nitrogens with one attached hydrogen (secondary N) is 2. The summed E-state index contributed by atoms with van der Waals surface area (Å²) in [5.74, 6) is 1.39. The smallest absolute Gasteiger partial charge is 0.159 e. The maximum Gasteiger partial charge on any atom is 0.159 e. The van der Waals surface area contributed by atoms with Gasteiger partial charge in [-0.3, -0.25) is 0 Å². The first-order chi connectivity index (χ1) is 11.3. The van der Waals surface area contributed by atoms with Gasteiger partial charge in [0.2, 0.25) is 0 Å². The van der Waals surface area contributed by atoms with Crippen LogP contribution >= 0.6 is 0 Å². The van der Waals surface area contributed by atoms with Gasteiger partial charge in [-0.25, -0.2) is 9.97 Å². The number of hydrogen-bond acceptors (Lipinski definition) is 5. The average Bonchev–Trinajstić information content (AvgIpc) is 2.60. The highest BCUT2D eigenvalue weighted by Crippen LogP contribution is 2.28. The van der Waals surface area contributed by atoms with Crippen LogP contribution in [0, 0.1) is 0 Å². The van der Waals surface area contributed by atoms with Crippen molar-refractivity contribution in [3.8, 4) is 0 Å². The van der Waals surface area contributed by atoms with Gasteiger partial charge >= 0.3 is 0 Å². The van der Waals surface area contributed by atoms with Crippen LogP contribution in [0.1, 0.15) is 44.6 Å². The van der Waals surface area contributed by atoms with Crippen molar-refractivity contribution in [1.82, 2.24) is 9.97 Å². The van der Waals surface area contributed by atoms with Gasteiger partial charge < -0.3 is 16.4 Å². The second kappa shape index (κ2) is 7.31. The fourth-order valence-corrected chi connectivity index (χ4v) is 3.01. The molecule has 1 aromatic carbocycles. The molecular weight excluding hydrogens is 286 g/mol. The van der Waals surface area contributed by atoms with Crippen molar-refractivity contribution in [1.29, 1.82) is 0 Å². The Labute approximate surface area is 137 Å². The van der Waals surface area contributed by atoms with E-state index in [9.17, 15) is 0 Å². The van der Waals surface area contributed by atoms with Crippen LogP contribution in [0.2, 0.25) is 0 Å². The molecule has 0 radical (unpaired) electrons. The van der Waals surface area contributed by atoms with E-state index in [0.717, 1.165) is 17.9 Å². The molecule has 4 N–H and O–H groups in total. The zero-order chi connectivity index (χ0) is 16.1. The van der Waals surface area contributed by atoms with E-state index in [4.69, 9.17) is 5.73 Å². The monoisotopic (exact) mass is 311 g/mol. The topological polar surface area (TPSA) is 75.9 Å². The van der Waals surface area contributed by atoms with Gasteiger partial charge in [-0.2, -0.15) is 0 Å². The highest BCUT2D eigenvalue weighted by Gasteiger charge is 2.16. The highest BCUT2D eigenvalue weighted by molar-refractivity contribution is 5.77. The van der Waals surface area contributed by atoms with E-state index < -0.39 is 0 Å². The summed E-state index contributed by atoms with van der Waals surface area (Å²) in [5.41, 5.74) is 9.13. The normalized spacial score (nSPS) is 15.3. The summed E-state index contributed by atoms with van der Waals surface area (Å²) < 4.78 is 0. The lowest BCUT2D eigenvalue weighted by atomic mass is 9.95. The fourth-order valence-electron chi connectivity index (χ4n) is 3.01. The Balaban J connectivity index is 1.72. The van der Waals surface area contributed by atoms with Crippen LogP contribution in [-0.2, 0) is 6.42 Å². The molecule has 3 rings (SSSR count). The number of rotatable bonds is 5. The Kier molecular flexibility index (Phi) is 4.95. The maximum atomic E-state index is 6.25. The van der Waals surface area contributed by atoms with E-state index in [2.05, 4.69) is 51.8 Å². The Hall–Kier alpha value is -2.30. The summed E-state index contributed by atoms with van der Waals surface area (Å²) in [6.45, 7) is 2.15. The fraction of sp³-hybridized carbons (Fsp3) is 0.444. The third-order valence-corrected chi connectivity index (χ3v) is 4.45. The van der Waals surface area contributed by atoms with Crippen molar-refractivity contribution in [3.05, 3.63) is 36.2 Å². The summed E-state index contributed by atoms with van der Waals surface area (Å²) in [6.07, 6.45) is 8.85. The Bertz CT molecular complexity index is 632. The molecule has 1 fully saturated rings. The summed E-state index contributed by atoms with van der Waals surface area (Å²) >= 11 is 0. The average molecular weight is 311 g/mol. The Morgan fingerprint density at radius 1 is 1.04 bits per heavy atom. The minimum atomic E-state index is 0.470. The van der Waals surface area contributed by atoms with Gasteiger partial charge in [0.1, 0.15) is 12.0 Å². The zero-order valence-electron chi connectivity index (χ0n) is 13.7. The quantitative estimate of drug-likeness (QED) is 0.774. The third kappa shape index (κ3) is 3.92. The number of anilines is 4. The number of benzene rings is 1. The molecule has 1 aromatic heterocycles. The zero-order valence-corrected chi connectivity index (χ0v) is 13.7. The first-order valence-corrected chi connectivity index (χ1v) is 8.49. The Morgan fingerprint density at radius 3 is 2.43 bits per heavy atom. The van der Waals surface area contributed by atoms with E-state index in [1.807, 2.05) is 0 Å². The third-order valence-electron chi connectivity index (χ3n) is 4.45. The lowest BCUT2D eigenvalue weighted by Gasteiger charge is -2.24.